The molecule has 0 saturated heterocycles. The van der Waals surface area contributed by atoms with Crippen molar-refractivity contribution in [1.29, 1.82) is 0 Å². The topological polar surface area (TPSA) is 106 Å². The molecule has 0 aliphatic carbocycles. The van der Waals surface area contributed by atoms with Crippen LogP contribution in [0.2, 0.25) is 0 Å². The van der Waals surface area contributed by atoms with E-state index in [0.717, 1.165) is 0 Å². The minimum absolute atomic E-state index is 0.0787. The Labute approximate surface area is 168 Å². The summed E-state index contributed by atoms with van der Waals surface area (Å²) in [5.74, 6) is -0.670. The number of hydrogen-bond donors (Lipinski definition) is 3. The number of halogens is 4. The van der Waals surface area contributed by atoms with E-state index >= 15 is 0 Å². The normalized spacial score (nSPS) is 12.0. The van der Waals surface area contributed by atoms with E-state index in [-0.39, 0.29) is 22.4 Å². The molecular formula is C12H12Cl4N4O4S. The molecule has 0 heterocycles. The Hall–Kier alpha value is -1.26. The second-order valence-corrected chi connectivity index (χ2v) is 7.46. The molecule has 1 amide bonds. The average molecular weight is 450 g/mol. The Morgan fingerprint density at radius 1 is 1.40 bits per heavy atom. The highest BCUT2D eigenvalue weighted by Crippen LogP contribution is 2.30. The lowest BCUT2D eigenvalue weighted by Gasteiger charge is -2.27. The van der Waals surface area contributed by atoms with Crippen molar-refractivity contribution in [3.8, 4) is 5.75 Å². The van der Waals surface area contributed by atoms with E-state index in [1.807, 2.05) is 0 Å². The maximum atomic E-state index is 11.4. The van der Waals surface area contributed by atoms with Crippen LogP contribution < -0.4 is 20.7 Å². The Kier molecular flexibility index (Phi) is 8.23. The maximum Gasteiger partial charge on any atom is 0.296 e. The van der Waals surface area contributed by atoms with Crippen LogP contribution in [0.1, 0.15) is 0 Å². The summed E-state index contributed by atoms with van der Waals surface area (Å²) in [6.45, 7) is 0. The first-order chi connectivity index (χ1) is 11.6. The molecule has 1 aromatic rings. The van der Waals surface area contributed by atoms with Crippen molar-refractivity contribution < 1.29 is 14.5 Å². The molecule has 1 aromatic carbocycles. The minimum Gasteiger partial charge on any atom is -0.496 e. The molecule has 0 aliphatic heterocycles. The summed E-state index contributed by atoms with van der Waals surface area (Å²) in [6.07, 6.45) is -1.22. The molecular weight excluding hydrogens is 438 g/mol. The van der Waals surface area contributed by atoms with Crippen molar-refractivity contribution in [1.82, 2.24) is 10.6 Å². The summed E-state index contributed by atoms with van der Waals surface area (Å²) in [7, 11) is 1.38. The van der Waals surface area contributed by atoms with Gasteiger partial charge in [0.25, 0.3) is 5.69 Å². The van der Waals surface area contributed by atoms with Gasteiger partial charge in [-0.15, -0.1) is 11.6 Å². The van der Waals surface area contributed by atoms with E-state index in [9.17, 15) is 14.9 Å². The summed E-state index contributed by atoms with van der Waals surface area (Å²) in [6, 6.07) is 4.11. The highest BCUT2D eigenvalue weighted by atomic mass is 35.6. The van der Waals surface area contributed by atoms with Crippen molar-refractivity contribution >= 4 is 81.0 Å². The number of alkyl halides is 4. The first-order valence-corrected chi connectivity index (χ1v) is 8.48. The number of thiocarbonyl (C=S) groups is 1. The lowest BCUT2D eigenvalue weighted by molar-refractivity contribution is -0.384. The van der Waals surface area contributed by atoms with Gasteiger partial charge >= 0.3 is 0 Å². The van der Waals surface area contributed by atoms with Crippen LogP contribution in [0.4, 0.5) is 11.4 Å². The number of nitro benzene ring substituents is 1. The zero-order valence-electron chi connectivity index (χ0n) is 12.5. The number of amides is 1. The van der Waals surface area contributed by atoms with Crippen LogP contribution in [-0.2, 0) is 4.79 Å². The molecule has 0 bridgehead atoms. The average Bonchev–Trinajstić information content (AvgIpc) is 2.53. The molecule has 13 heteroatoms. The third-order valence-corrected chi connectivity index (χ3v) is 3.80. The van der Waals surface area contributed by atoms with Crippen LogP contribution in [0.3, 0.4) is 0 Å². The van der Waals surface area contributed by atoms with Crippen LogP contribution >= 0.6 is 58.6 Å². The standard InChI is InChI=1S/C12H12Cl4N4O4S/c1-24-6-2-3-7(8(4-6)20(22)23)17-11(25)19-10(12(14,15)16)18-9(21)5-13/h2-4,10H,5H2,1H3,(H,18,21)(H2,17,19,25)/t10-/m1/s1. The van der Waals surface area contributed by atoms with Crippen LogP contribution in [0.25, 0.3) is 0 Å². The van der Waals surface area contributed by atoms with Gasteiger partial charge in [0.05, 0.1) is 18.1 Å². The van der Waals surface area contributed by atoms with E-state index in [0.29, 0.717) is 5.75 Å². The maximum absolute atomic E-state index is 11.4. The number of nitrogens with zero attached hydrogens (tertiary/aromatic N) is 1. The van der Waals surface area contributed by atoms with Gasteiger partial charge in [-0.05, 0) is 24.4 Å². The van der Waals surface area contributed by atoms with Gasteiger partial charge in [0.15, 0.2) is 5.11 Å². The summed E-state index contributed by atoms with van der Waals surface area (Å²) in [4.78, 5) is 21.9. The van der Waals surface area contributed by atoms with Crippen molar-refractivity contribution in [3.63, 3.8) is 0 Å². The molecule has 0 saturated carbocycles. The predicted octanol–water partition coefficient (Wildman–Crippen LogP) is 2.94. The number of methoxy groups -OCH3 is 1. The van der Waals surface area contributed by atoms with Crippen molar-refractivity contribution in [2.75, 3.05) is 18.3 Å². The van der Waals surface area contributed by atoms with Crippen LogP contribution in [0.5, 0.6) is 5.75 Å². The number of rotatable bonds is 6. The zero-order chi connectivity index (χ0) is 19.2. The molecule has 0 spiro atoms. The molecule has 138 valence electrons. The first-order valence-electron chi connectivity index (χ1n) is 6.40. The molecule has 3 N–H and O–H groups in total. The fourth-order valence-corrected chi connectivity index (χ4v) is 2.22. The summed E-state index contributed by atoms with van der Waals surface area (Å²) in [5, 5.41) is 18.5. The number of benzene rings is 1. The van der Waals surface area contributed by atoms with E-state index in [1.54, 1.807) is 0 Å². The SMILES string of the molecule is COc1ccc(NC(=S)N[C@@H](NC(=O)CCl)C(Cl)(Cl)Cl)c([N+](=O)[O-])c1. The quantitative estimate of drug-likeness (QED) is 0.201. The number of carbonyl (C=O) groups excluding carboxylic acids is 1. The molecule has 8 nitrogen and oxygen atoms in total. The van der Waals surface area contributed by atoms with E-state index in [1.165, 1.54) is 25.3 Å². The first kappa shape index (κ1) is 21.8. The van der Waals surface area contributed by atoms with E-state index in [4.69, 9.17) is 63.4 Å². The molecule has 0 fully saturated rings. The molecule has 0 aromatic heterocycles. The minimum atomic E-state index is -1.96. The van der Waals surface area contributed by atoms with Gasteiger partial charge in [-0.1, -0.05) is 34.8 Å². The number of nitro groups is 1. The fourth-order valence-electron chi connectivity index (χ4n) is 1.58. The third-order valence-electron chi connectivity index (χ3n) is 2.68. The van der Waals surface area contributed by atoms with Gasteiger partial charge < -0.3 is 20.7 Å². The second-order valence-electron chi connectivity index (χ2n) is 4.41. The molecule has 25 heavy (non-hydrogen) atoms. The van der Waals surface area contributed by atoms with E-state index in [2.05, 4.69) is 16.0 Å². The van der Waals surface area contributed by atoms with E-state index < -0.39 is 20.8 Å². The highest BCUT2D eigenvalue weighted by Gasteiger charge is 2.34. The Bertz CT molecular complexity index is 671. The van der Waals surface area contributed by atoms with Crippen LogP contribution in [0, 0.1) is 10.1 Å². The van der Waals surface area contributed by atoms with Crippen LogP contribution in [0.15, 0.2) is 18.2 Å². The predicted molar refractivity (Wildman–Crippen MR) is 102 cm³/mol. The smallest absolute Gasteiger partial charge is 0.296 e. The van der Waals surface area contributed by atoms with Gasteiger partial charge in [0.1, 0.15) is 23.5 Å². The number of hydrogen-bond acceptors (Lipinski definition) is 5. The fraction of sp³-hybridized carbons (Fsp3) is 0.333. The van der Waals surface area contributed by atoms with Crippen LogP contribution in [-0.4, -0.2) is 38.9 Å². The monoisotopic (exact) mass is 448 g/mol. The van der Waals surface area contributed by atoms with Crippen molar-refractivity contribution in [2.24, 2.45) is 0 Å². The number of ether oxygens (including phenoxy) is 1. The van der Waals surface area contributed by atoms with Gasteiger partial charge in [0, 0.05) is 0 Å². The van der Waals surface area contributed by atoms with Crippen molar-refractivity contribution in [2.45, 2.75) is 9.96 Å². The van der Waals surface area contributed by atoms with Gasteiger partial charge in [0.2, 0.25) is 9.70 Å². The summed E-state index contributed by atoms with van der Waals surface area (Å²) in [5.41, 5.74) is -0.200. The second kappa shape index (κ2) is 9.44. The molecule has 0 radical (unpaired) electrons. The van der Waals surface area contributed by atoms with Gasteiger partial charge in [-0.2, -0.15) is 0 Å². The number of carbonyl (C=O) groups is 1. The van der Waals surface area contributed by atoms with Gasteiger partial charge in [-0.3, -0.25) is 14.9 Å². The lowest BCUT2D eigenvalue weighted by atomic mass is 10.2. The molecule has 0 unspecified atom stereocenters. The molecule has 0 aliphatic rings. The summed E-state index contributed by atoms with van der Waals surface area (Å²) < 4.78 is 2.98. The highest BCUT2D eigenvalue weighted by molar-refractivity contribution is 7.80. The Balaban J connectivity index is 2.94. The largest absolute Gasteiger partial charge is 0.496 e. The number of anilines is 1. The number of nitrogens with one attached hydrogen (secondary N) is 3. The summed E-state index contributed by atoms with van der Waals surface area (Å²) >= 11 is 27.7. The molecule has 1 rings (SSSR count). The van der Waals surface area contributed by atoms with Crippen molar-refractivity contribution in [3.05, 3.63) is 28.3 Å². The Morgan fingerprint density at radius 3 is 2.52 bits per heavy atom. The third kappa shape index (κ3) is 6.87. The Morgan fingerprint density at radius 2 is 2.04 bits per heavy atom. The zero-order valence-corrected chi connectivity index (χ0v) is 16.4. The lowest BCUT2D eigenvalue weighted by Crippen LogP contribution is -2.56. The van der Waals surface area contributed by atoms with Gasteiger partial charge in [-0.25, -0.2) is 0 Å². The molecule has 1 atom stereocenters.